The molecule has 4 rings (SSSR count). The molecule has 0 saturated carbocycles. The molecule has 1 aliphatic rings. The number of hydrogen-bond donors (Lipinski definition) is 2. The number of hydrogen-bond acceptors (Lipinski definition) is 3. The molecule has 0 bridgehead atoms. The third-order valence-corrected chi connectivity index (χ3v) is 6.96. The van der Waals surface area contributed by atoms with Gasteiger partial charge in [-0.2, -0.15) is 0 Å². The van der Waals surface area contributed by atoms with Gasteiger partial charge in [0.05, 0.1) is 0 Å². The zero-order valence-electron chi connectivity index (χ0n) is 28.0. The van der Waals surface area contributed by atoms with Gasteiger partial charge in [0.15, 0.2) is 0 Å². The van der Waals surface area contributed by atoms with E-state index in [-0.39, 0.29) is 5.75 Å². The van der Waals surface area contributed by atoms with Gasteiger partial charge in [0, 0.05) is 5.41 Å². The number of halogens is 5. The number of aryl methyl sites for hydroxylation is 1. The zero-order chi connectivity index (χ0) is 34.2. The van der Waals surface area contributed by atoms with Gasteiger partial charge in [0.2, 0.25) is 5.92 Å². The van der Waals surface area contributed by atoms with Crippen LogP contribution in [0, 0.1) is 12.3 Å². The van der Waals surface area contributed by atoms with Crippen LogP contribution in [0.1, 0.15) is 89.5 Å². The van der Waals surface area contributed by atoms with Crippen molar-refractivity contribution in [3.63, 3.8) is 0 Å². The SMILES string of the molecule is C1CCNCC1.CC(C)(C)CN.CC(C)(F)F.CCC(Cc1ccccc1)(c1cccc(C)c1)c1cccc(OC(F)(F)F)c1. The largest absolute Gasteiger partial charge is 0.573 e. The van der Waals surface area contributed by atoms with E-state index in [2.05, 4.69) is 62.0 Å². The molecular formula is C37H53F5N2O. The van der Waals surface area contributed by atoms with Crippen LogP contribution in [0.25, 0.3) is 0 Å². The van der Waals surface area contributed by atoms with Gasteiger partial charge < -0.3 is 15.8 Å². The molecule has 0 aromatic heterocycles. The lowest BCUT2D eigenvalue weighted by molar-refractivity contribution is -0.274. The van der Waals surface area contributed by atoms with Gasteiger partial charge in [-0.05, 0) is 100 Å². The molecule has 0 amide bonds. The maximum atomic E-state index is 12.8. The normalized spacial score (nSPS) is 14.7. The Kier molecular flexibility index (Phi) is 16.8. The first-order valence-electron chi connectivity index (χ1n) is 15.6. The van der Waals surface area contributed by atoms with Gasteiger partial charge in [0.1, 0.15) is 5.75 Å². The molecule has 3 N–H and O–H groups in total. The van der Waals surface area contributed by atoms with Crippen LogP contribution in [-0.2, 0) is 11.8 Å². The standard InChI is InChI=1S/C24H23F3O.C5H11N.C5H13N.C3H6F2/c1-3-23(17-19-10-5-4-6-11-19,20-12-7-9-18(2)15-20)21-13-8-14-22(16-21)28-24(25,26)27;1-2-4-6-5-3-1;1-5(2,3)4-6;1-3(2,4)5/h4-16H,3,17H2,1-2H3;6H,1-5H2;4,6H2,1-3H3;1-2H3. The summed E-state index contributed by atoms with van der Waals surface area (Å²) in [6.07, 6.45) is 0.924. The molecule has 1 unspecified atom stereocenters. The van der Waals surface area contributed by atoms with E-state index in [1.165, 1.54) is 44.5 Å². The highest BCUT2D eigenvalue weighted by molar-refractivity contribution is 5.45. The first-order chi connectivity index (χ1) is 20.9. The minimum Gasteiger partial charge on any atom is -0.406 e. The monoisotopic (exact) mass is 636 g/mol. The molecule has 1 saturated heterocycles. The molecule has 252 valence electrons. The summed E-state index contributed by atoms with van der Waals surface area (Å²) in [6.45, 7) is 15.4. The highest BCUT2D eigenvalue weighted by Crippen LogP contribution is 2.41. The molecule has 45 heavy (non-hydrogen) atoms. The second-order valence-electron chi connectivity index (χ2n) is 12.9. The number of nitrogens with two attached hydrogens (primary N) is 1. The van der Waals surface area contributed by atoms with Crippen LogP contribution in [0.3, 0.4) is 0 Å². The van der Waals surface area contributed by atoms with Crippen molar-refractivity contribution in [2.24, 2.45) is 11.1 Å². The topological polar surface area (TPSA) is 47.3 Å². The number of nitrogens with one attached hydrogen (secondary N) is 1. The summed E-state index contributed by atoms with van der Waals surface area (Å²) in [5.74, 6) is -2.69. The van der Waals surface area contributed by atoms with Crippen LogP contribution in [-0.4, -0.2) is 31.9 Å². The fraction of sp³-hybridized carbons (Fsp3) is 0.514. The van der Waals surface area contributed by atoms with Gasteiger partial charge in [0.25, 0.3) is 0 Å². The molecule has 1 fully saturated rings. The maximum Gasteiger partial charge on any atom is 0.573 e. The molecule has 1 atom stereocenters. The third kappa shape index (κ3) is 17.9. The van der Waals surface area contributed by atoms with Crippen molar-refractivity contribution in [2.45, 2.75) is 98.3 Å². The first-order valence-corrected chi connectivity index (χ1v) is 15.6. The van der Waals surface area contributed by atoms with E-state index in [4.69, 9.17) is 5.73 Å². The molecule has 3 aromatic rings. The fourth-order valence-corrected chi connectivity index (χ4v) is 4.58. The van der Waals surface area contributed by atoms with E-state index in [1.54, 1.807) is 6.07 Å². The Morgan fingerprint density at radius 2 is 1.24 bits per heavy atom. The lowest BCUT2D eigenvalue weighted by Crippen LogP contribution is -2.30. The summed E-state index contributed by atoms with van der Waals surface area (Å²) in [6, 6.07) is 24.6. The number of rotatable bonds is 6. The van der Waals surface area contributed by atoms with Crippen LogP contribution in [0.2, 0.25) is 0 Å². The van der Waals surface area contributed by atoms with Crippen LogP contribution < -0.4 is 15.8 Å². The van der Waals surface area contributed by atoms with Gasteiger partial charge in [-0.25, -0.2) is 8.78 Å². The summed E-state index contributed by atoms with van der Waals surface area (Å²) >= 11 is 0. The van der Waals surface area contributed by atoms with Crippen LogP contribution in [0.5, 0.6) is 5.75 Å². The average Bonchev–Trinajstić information content (AvgIpc) is 2.96. The molecule has 3 nitrogen and oxygen atoms in total. The van der Waals surface area contributed by atoms with Crippen molar-refractivity contribution in [3.8, 4) is 5.75 Å². The van der Waals surface area contributed by atoms with Gasteiger partial charge >= 0.3 is 6.36 Å². The highest BCUT2D eigenvalue weighted by Gasteiger charge is 2.35. The summed E-state index contributed by atoms with van der Waals surface area (Å²) in [7, 11) is 0. The summed E-state index contributed by atoms with van der Waals surface area (Å²) in [5, 5.41) is 3.28. The van der Waals surface area contributed by atoms with Crippen molar-refractivity contribution < 1.29 is 26.7 Å². The smallest absolute Gasteiger partial charge is 0.406 e. The Morgan fingerprint density at radius 1 is 0.733 bits per heavy atom. The van der Waals surface area contributed by atoms with Crippen molar-refractivity contribution in [2.75, 3.05) is 19.6 Å². The van der Waals surface area contributed by atoms with E-state index < -0.39 is 17.7 Å². The first kappa shape index (κ1) is 40.1. The zero-order valence-corrected chi connectivity index (χ0v) is 28.0. The number of ether oxygens (including phenoxy) is 1. The van der Waals surface area contributed by atoms with Crippen molar-refractivity contribution in [1.29, 1.82) is 0 Å². The molecule has 1 heterocycles. The van der Waals surface area contributed by atoms with Gasteiger partial charge in [-0.3, -0.25) is 0 Å². The number of piperidine rings is 1. The lowest BCUT2D eigenvalue weighted by Gasteiger charge is -2.35. The van der Waals surface area contributed by atoms with E-state index in [0.29, 0.717) is 11.8 Å². The van der Waals surface area contributed by atoms with Gasteiger partial charge in [-0.15, -0.1) is 13.2 Å². The summed E-state index contributed by atoms with van der Waals surface area (Å²) < 4.78 is 64.5. The van der Waals surface area contributed by atoms with Crippen molar-refractivity contribution >= 4 is 0 Å². The predicted octanol–water partition coefficient (Wildman–Crippen LogP) is 10.2. The predicted molar refractivity (Wildman–Crippen MR) is 177 cm³/mol. The Balaban J connectivity index is 0.000000483. The summed E-state index contributed by atoms with van der Waals surface area (Å²) in [5.41, 5.74) is 9.31. The van der Waals surface area contributed by atoms with Gasteiger partial charge in [-0.1, -0.05) is 106 Å². The molecule has 1 aliphatic heterocycles. The minimum absolute atomic E-state index is 0.191. The van der Waals surface area contributed by atoms with E-state index in [9.17, 15) is 22.0 Å². The molecule has 0 radical (unpaired) electrons. The van der Waals surface area contributed by atoms with E-state index in [1.807, 2.05) is 43.3 Å². The van der Waals surface area contributed by atoms with Crippen molar-refractivity contribution in [3.05, 3.63) is 101 Å². The Hall–Kier alpha value is -2.97. The highest BCUT2D eigenvalue weighted by atomic mass is 19.4. The number of benzene rings is 3. The Bertz CT molecular complexity index is 1200. The molecular weight excluding hydrogens is 583 g/mol. The number of alkyl halides is 5. The van der Waals surface area contributed by atoms with E-state index >= 15 is 0 Å². The maximum absolute atomic E-state index is 12.8. The minimum atomic E-state index is -4.71. The Labute approximate surface area is 267 Å². The summed E-state index contributed by atoms with van der Waals surface area (Å²) in [4.78, 5) is 0. The molecule has 0 aliphatic carbocycles. The van der Waals surface area contributed by atoms with Crippen LogP contribution in [0.4, 0.5) is 22.0 Å². The Morgan fingerprint density at radius 3 is 1.64 bits per heavy atom. The molecule has 3 aromatic carbocycles. The average molecular weight is 637 g/mol. The molecule has 0 spiro atoms. The second kappa shape index (κ2) is 18.9. The van der Waals surface area contributed by atoms with Crippen molar-refractivity contribution in [1.82, 2.24) is 5.32 Å². The third-order valence-electron chi connectivity index (χ3n) is 6.96. The second-order valence-corrected chi connectivity index (χ2v) is 12.9. The van der Waals surface area contributed by atoms with Crippen LogP contribution in [0.15, 0.2) is 78.9 Å². The quantitative estimate of drug-likeness (QED) is 0.265. The fourth-order valence-electron chi connectivity index (χ4n) is 4.58. The molecule has 8 heteroatoms. The lowest BCUT2D eigenvalue weighted by atomic mass is 9.68. The van der Waals surface area contributed by atoms with Crippen LogP contribution >= 0.6 is 0 Å². The van der Waals surface area contributed by atoms with E-state index in [0.717, 1.165) is 49.1 Å².